The van der Waals surface area contributed by atoms with Crippen LogP contribution >= 0.6 is 0 Å². The van der Waals surface area contributed by atoms with Gasteiger partial charge in [0.15, 0.2) is 0 Å². The molecule has 0 aromatic heterocycles. The SMILES string of the molecule is CNCC1(CN2CCCCC2)CCCCC1. The van der Waals surface area contributed by atoms with Crippen molar-refractivity contribution in [2.45, 2.75) is 51.4 Å². The molecule has 0 bridgehead atoms. The Labute approximate surface area is 101 Å². The first-order chi connectivity index (χ1) is 7.85. The van der Waals surface area contributed by atoms with E-state index in [9.17, 15) is 0 Å². The van der Waals surface area contributed by atoms with Gasteiger partial charge in [0.05, 0.1) is 0 Å². The lowest BCUT2D eigenvalue weighted by atomic mass is 9.73. The van der Waals surface area contributed by atoms with Gasteiger partial charge in [0.2, 0.25) is 0 Å². The van der Waals surface area contributed by atoms with E-state index in [-0.39, 0.29) is 0 Å². The molecule has 1 N–H and O–H groups in total. The fourth-order valence-corrected chi connectivity index (χ4v) is 3.66. The second kappa shape index (κ2) is 6.02. The molecule has 0 spiro atoms. The minimum Gasteiger partial charge on any atom is -0.319 e. The van der Waals surface area contributed by atoms with Crippen molar-refractivity contribution in [2.75, 3.05) is 33.2 Å². The quantitative estimate of drug-likeness (QED) is 0.790. The summed E-state index contributed by atoms with van der Waals surface area (Å²) in [4.78, 5) is 2.73. The van der Waals surface area contributed by atoms with Crippen LogP contribution in [0.2, 0.25) is 0 Å². The average molecular weight is 224 g/mol. The summed E-state index contributed by atoms with van der Waals surface area (Å²) in [6, 6.07) is 0. The van der Waals surface area contributed by atoms with Crippen LogP contribution in [0.1, 0.15) is 51.4 Å². The Hall–Kier alpha value is -0.0800. The third-order valence-corrected chi connectivity index (χ3v) is 4.47. The maximum atomic E-state index is 3.44. The van der Waals surface area contributed by atoms with Crippen LogP contribution < -0.4 is 5.32 Å². The highest BCUT2D eigenvalue weighted by atomic mass is 15.1. The fraction of sp³-hybridized carbons (Fsp3) is 1.00. The summed E-state index contributed by atoms with van der Waals surface area (Å²) in [5.41, 5.74) is 0.602. The van der Waals surface area contributed by atoms with E-state index in [4.69, 9.17) is 0 Å². The van der Waals surface area contributed by atoms with Crippen molar-refractivity contribution in [3.63, 3.8) is 0 Å². The molecule has 2 fully saturated rings. The van der Waals surface area contributed by atoms with Crippen molar-refractivity contribution < 1.29 is 0 Å². The van der Waals surface area contributed by atoms with Crippen LogP contribution in [0.5, 0.6) is 0 Å². The molecule has 1 heterocycles. The zero-order valence-corrected chi connectivity index (χ0v) is 10.9. The van der Waals surface area contributed by atoms with Gasteiger partial charge < -0.3 is 10.2 Å². The Morgan fingerprint density at radius 3 is 2.19 bits per heavy atom. The summed E-state index contributed by atoms with van der Waals surface area (Å²) in [5, 5.41) is 3.44. The topological polar surface area (TPSA) is 15.3 Å². The van der Waals surface area contributed by atoms with E-state index in [0.29, 0.717) is 5.41 Å². The molecule has 0 radical (unpaired) electrons. The predicted octanol–water partition coefficient (Wildman–Crippen LogP) is 2.64. The predicted molar refractivity (Wildman–Crippen MR) is 69.7 cm³/mol. The smallest absolute Gasteiger partial charge is 0.00501 e. The lowest BCUT2D eigenvalue weighted by Gasteiger charge is -2.42. The zero-order chi connectivity index (χ0) is 11.3. The molecule has 2 heteroatoms. The van der Waals surface area contributed by atoms with E-state index < -0.39 is 0 Å². The maximum absolute atomic E-state index is 3.44. The van der Waals surface area contributed by atoms with Crippen LogP contribution in [0, 0.1) is 5.41 Å². The Morgan fingerprint density at radius 1 is 0.938 bits per heavy atom. The molecule has 2 rings (SSSR count). The Balaban J connectivity index is 1.89. The van der Waals surface area contributed by atoms with Gasteiger partial charge in [-0.15, -0.1) is 0 Å². The first-order valence-electron chi connectivity index (χ1n) is 7.22. The van der Waals surface area contributed by atoms with Crippen molar-refractivity contribution in [3.05, 3.63) is 0 Å². The highest BCUT2D eigenvalue weighted by Gasteiger charge is 2.33. The molecule has 1 aliphatic carbocycles. The second-order valence-electron chi connectivity index (χ2n) is 5.93. The molecule has 16 heavy (non-hydrogen) atoms. The average Bonchev–Trinajstić information content (AvgIpc) is 2.31. The van der Waals surface area contributed by atoms with Crippen LogP contribution in [-0.2, 0) is 0 Å². The fourth-order valence-electron chi connectivity index (χ4n) is 3.66. The van der Waals surface area contributed by atoms with Crippen LogP contribution in [0.4, 0.5) is 0 Å². The van der Waals surface area contributed by atoms with Gasteiger partial charge in [0.25, 0.3) is 0 Å². The lowest BCUT2D eigenvalue weighted by molar-refractivity contribution is 0.0916. The van der Waals surface area contributed by atoms with E-state index in [1.54, 1.807) is 0 Å². The van der Waals surface area contributed by atoms with Gasteiger partial charge in [-0.1, -0.05) is 25.7 Å². The van der Waals surface area contributed by atoms with E-state index in [2.05, 4.69) is 17.3 Å². The van der Waals surface area contributed by atoms with Crippen LogP contribution in [0.3, 0.4) is 0 Å². The third-order valence-electron chi connectivity index (χ3n) is 4.47. The highest BCUT2D eigenvalue weighted by molar-refractivity contribution is 4.88. The van der Waals surface area contributed by atoms with Crippen molar-refractivity contribution in [1.82, 2.24) is 10.2 Å². The van der Waals surface area contributed by atoms with Gasteiger partial charge >= 0.3 is 0 Å². The summed E-state index contributed by atoms with van der Waals surface area (Å²) >= 11 is 0. The van der Waals surface area contributed by atoms with E-state index >= 15 is 0 Å². The molecule has 2 aliphatic rings. The molecule has 0 amide bonds. The minimum absolute atomic E-state index is 0.602. The zero-order valence-electron chi connectivity index (χ0n) is 10.9. The molecule has 1 saturated heterocycles. The summed E-state index contributed by atoms with van der Waals surface area (Å²) in [7, 11) is 2.12. The molecular weight excluding hydrogens is 196 g/mol. The highest BCUT2D eigenvalue weighted by Crippen LogP contribution is 2.37. The van der Waals surface area contributed by atoms with Crippen molar-refractivity contribution in [2.24, 2.45) is 5.41 Å². The number of rotatable bonds is 4. The van der Waals surface area contributed by atoms with Crippen molar-refractivity contribution in [1.29, 1.82) is 0 Å². The Bertz CT molecular complexity index is 185. The number of nitrogens with zero attached hydrogens (tertiary/aromatic N) is 1. The lowest BCUT2D eigenvalue weighted by Crippen LogP contribution is -2.46. The third kappa shape index (κ3) is 3.21. The first-order valence-corrected chi connectivity index (χ1v) is 7.22. The molecule has 0 aromatic rings. The Morgan fingerprint density at radius 2 is 1.56 bits per heavy atom. The van der Waals surface area contributed by atoms with Crippen LogP contribution in [-0.4, -0.2) is 38.1 Å². The normalized spacial score (nSPS) is 26.8. The van der Waals surface area contributed by atoms with E-state index in [1.165, 1.54) is 77.5 Å². The summed E-state index contributed by atoms with van der Waals surface area (Å²) < 4.78 is 0. The largest absolute Gasteiger partial charge is 0.319 e. The summed E-state index contributed by atoms with van der Waals surface area (Å²) in [6.07, 6.45) is 11.6. The van der Waals surface area contributed by atoms with Crippen LogP contribution in [0.15, 0.2) is 0 Å². The van der Waals surface area contributed by atoms with Crippen molar-refractivity contribution in [3.8, 4) is 0 Å². The van der Waals surface area contributed by atoms with Crippen LogP contribution in [0.25, 0.3) is 0 Å². The van der Waals surface area contributed by atoms with Crippen molar-refractivity contribution >= 4 is 0 Å². The molecule has 1 saturated carbocycles. The molecule has 0 atom stereocenters. The number of nitrogens with one attached hydrogen (secondary N) is 1. The van der Waals surface area contributed by atoms with Gasteiger partial charge in [-0.2, -0.15) is 0 Å². The van der Waals surface area contributed by atoms with E-state index in [0.717, 1.165) is 0 Å². The molecule has 94 valence electrons. The molecule has 0 unspecified atom stereocenters. The summed E-state index contributed by atoms with van der Waals surface area (Å²) in [5.74, 6) is 0. The second-order valence-corrected chi connectivity index (χ2v) is 5.93. The molecule has 1 aliphatic heterocycles. The van der Waals surface area contributed by atoms with E-state index in [1.807, 2.05) is 0 Å². The standard InChI is InChI=1S/C14H28N2/c1-15-12-14(8-4-2-5-9-14)13-16-10-6-3-7-11-16/h15H,2-13H2,1H3. The number of hydrogen-bond acceptors (Lipinski definition) is 2. The van der Waals surface area contributed by atoms with Gasteiger partial charge in [0.1, 0.15) is 0 Å². The first kappa shape index (κ1) is 12.4. The monoisotopic (exact) mass is 224 g/mol. The molecule has 2 nitrogen and oxygen atoms in total. The minimum atomic E-state index is 0.602. The van der Waals surface area contributed by atoms with Gasteiger partial charge in [-0.25, -0.2) is 0 Å². The number of piperidine rings is 1. The number of hydrogen-bond donors (Lipinski definition) is 1. The Kier molecular flexibility index (Phi) is 4.66. The molecular formula is C14H28N2. The molecule has 0 aromatic carbocycles. The number of likely N-dealkylation sites (tertiary alicyclic amines) is 1. The van der Waals surface area contributed by atoms with Gasteiger partial charge in [-0.3, -0.25) is 0 Å². The maximum Gasteiger partial charge on any atom is 0.00501 e. The summed E-state index contributed by atoms with van der Waals surface area (Å²) in [6.45, 7) is 5.29. The van der Waals surface area contributed by atoms with Gasteiger partial charge in [-0.05, 0) is 51.2 Å². The van der Waals surface area contributed by atoms with Gasteiger partial charge in [0, 0.05) is 13.1 Å².